The highest BCUT2D eigenvalue weighted by atomic mass is 79.9. The van der Waals surface area contributed by atoms with Crippen LogP contribution in [0.5, 0.6) is 0 Å². The molecule has 0 aliphatic heterocycles. The largest absolute Gasteiger partial charge is 0.377 e. The summed E-state index contributed by atoms with van der Waals surface area (Å²) in [6, 6.07) is 9.02. The molecule has 1 aromatic heterocycles. The van der Waals surface area contributed by atoms with E-state index in [-0.39, 0.29) is 0 Å². The molecule has 0 radical (unpaired) electrons. The minimum Gasteiger partial charge on any atom is -0.377 e. The minimum absolute atomic E-state index is 0.340. The molecule has 2 aromatic rings. The van der Waals surface area contributed by atoms with Crippen LogP contribution in [0, 0.1) is 13.8 Å². The monoisotopic (exact) mass is 309 g/mol. The number of benzene rings is 1. The lowest BCUT2D eigenvalue weighted by Crippen LogP contribution is -2.06. The average Bonchev–Trinajstić information content (AvgIpc) is 2.69. The van der Waals surface area contributed by atoms with E-state index in [1.165, 1.54) is 21.7 Å². The standard InChI is InChI=1S/C14H16BrNS/c1-9-4-5-13(10(2)6-9)16-11(3)14-7-12(15)8-17-14/h4-8,11,16H,1-3H3. The molecule has 0 aliphatic rings. The first kappa shape index (κ1) is 12.7. The van der Waals surface area contributed by atoms with Crippen LogP contribution in [0.15, 0.2) is 34.1 Å². The summed E-state index contributed by atoms with van der Waals surface area (Å²) in [7, 11) is 0. The third-order valence-electron chi connectivity index (χ3n) is 2.77. The van der Waals surface area contributed by atoms with Crippen LogP contribution in [0.1, 0.15) is 29.0 Å². The van der Waals surface area contributed by atoms with Crippen LogP contribution >= 0.6 is 27.3 Å². The zero-order valence-corrected chi connectivity index (χ0v) is 12.7. The molecule has 1 unspecified atom stereocenters. The number of hydrogen-bond acceptors (Lipinski definition) is 2. The van der Waals surface area contributed by atoms with Gasteiger partial charge in [-0.05, 0) is 54.4 Å². The summed E-state index contributed by atoms with van der Waals surface area (Å²) in [5, 5.41) is 5.68. The van der Waals surface area contributed by atoms with Gasteiger partial charge in [0.05, 0.1) is 6.04 Å². The molecule has 2 rings (SSSR count). The SMILES string of the molecule is Cc1ccc(NC(C)c2cc(Br)cs2)c(C)c1. The van der Waals surface area contributed by atoms with Gasteiger partial charge in [0.1, 0.15) is 0 Å². The molecular weight excluding hydrogens is 294 g/mol. The third kappa shape index (κ3) is 3.11. The first-order chi connectivity index (χ1) is 8.06. The number of hydrogen-bond donors (Lipinski definition) is 1. The molecule has 0 amide bonds. The Morgan fingerprint density at radius 1 is 1.24 bits per heavy atom. The van der Waals surface area contributed by atoms with Gasteiger partial charge in [0, 0.05) is 20.4 Å². The molecule has 1 aromatic carbocycles. The molecule has 3 heteroatoms. The second-order valence-corrected chi connectivity index (χ2v) is 6.21. The number of rotatable bonds is 3. The van der Waals surface area contributed by atoms with Gasteiger partial charge in [0.25, 0.3) is 0 Å². The Morgan fingerprint density at radius 2 is 2.00 bits per heavy atom. The van der Waals surface area contributed by atoms with E-state index in [9.17, 15) is 0 Å². The topological polar surface area (TPSA) is 12.0 Å². The van der Waals surface area contributed by atoms with Crippen LogP contribution in [-0.2, 0) is 0 Å². The summed E-state index contributed by atoms with van der Waals surface area (Å²) in [6.45, 7) is 6.46. The highest BCUT2D eigenvalue weighted by molar-refractivity contribution is 9.10. The lowest BCUT2D eigenvalue weighted by molar-refractivity contribution is 0.905. The maximum atomic E-state index is 3.56. The fourth-order valence-electron chi connectivity index (χ4n) is 1.84. The Hall–Kier alpha value is -0.800. The van der Waals surface area contributed by atoms with Gasteiger partial charge < -0.3 is 5.32 Å². The molecule has 0 fully saturated rings. The predicted molar refractivity (Wildman–Crippen MR) is 80.0 cm³/mol. The van der Waals surface area contributed by atoms with Crippen molar-refractivity contribution in [1.29, 1.82) is 0 Å². The second kappa shape index (κ2) is 5.23. The molecule has 1 nitrogen and oxygen atoms in total. The molecule has 90 valence electrons. The molecule has 0 saturated carbocycles. The summed E-state index contributed by atoms with van der Waals surface area (Å²) >= 11 is 5.27. The van der Waals surface area contributed by atoms with Gasteiger partial charge in [0.15, 0.2) is 0 Å². The number of nitrogens with one attached hydrogen (secondary N) is 1. The van der Waals surface area contributed by atoms with Crippen LogP contribution in [-0.4, -0.2) is 0 Å². The van der Waals surface area contributed by atoms with E-state index in [1.54, 1.807) is 11.3 Å². The highest BCUT2D eigenvalue weighted by Gasteiger charge is 2.09. The third-order valence-corrected chi connectivity index (χ3v) is 4.64. The van der Waals surface area contributed by atoms with Gasteiger partial charge in [-0.3, -0.25) is 0 Å². The summed E-state index contributed by atoms with van der Waals surface area (Å²) in [6.07, 6.45) is 0. The van der Waals surface area contributed by atoms with Gasteiger partial charge in [-0.25, -0.2) is 0 Å². The smallest absolute Gasteiger partial charge is 0.0578 e. The quantitative estimate of drug-likeness (QED) is 0.811. The Bertz CT molecular complexity index is 519. The maximum Gasteiger partial charge on any atom is 0.0578 e. The van der Waals surface area contributed by atoms with Crippen molar-refractivity contribution in [3.63, 3.8) is 0 Å². The molecule has 0 bridgehead atoms. The molecule has 17 heavy (non-hydrogen) atoms. The van der Waals surface area contributed by atoms with Gasteiger partial charge in [-0.2, -0.15) is 0 Å². The van der Waals surface area contributed by atoms with Gasteiger partial charge in [-0.1, -0.05) is 17.7 Å². The van der Waals surface area contributed by atoms with Crippen molar-refractivity contribution in [1.82, 2.24) is 0 Å². The van der Waals surface area contributed by atoms with Gasteiger partial charge >= 0.3 is 0 Å². The molecule has 0 aliphatic carbocycles. The number of anilines is 1. The van der Waals surface area contributed by atoms with Crippen molar-refractivity contribution in [3.8, 4) is 0 Å². The molecule has 0 spiro atoms. The zero-order valence-electron chi connectivity index (χ0n) is 10.3. The van der Waals surface area contributed by atoms with Crippen molar-refractivity contribution < 1.29 is 0 Å². The van der Waals surface area contributed by atoms with Crippen LogP contribution in [0.4, 0.5) is 5.69 Å². The van der Waals surface area contributed by atoms with E-state index in [2.05, 4.69) is 71.7 Å². The zero-order chi connectivity index (χ0) is 12.4. The van der Waals surface area contributed by atoms with Gasteiger partial charge in [-0.15, -0.1) is 11.3 Å². The first-order valence-corrected chi connectivity index (χ1v) is 7.31. The van der Waals surface area contributed by atoms with Crippen molar-refractivity contribution in [3.05, 3.63) is 50.1 Å². The fourth-order valence-corrected chi connectivity index (χ4v) is 3.29. The first-order valence-electron chi connectivity index (χ1n) is 5.64. The Balaban J connectivity index is 2.15. The number of thiophene rings is 1. The Morgan fingerprint density at radius 3 is 2.59 bits per heavy atom. The minimum atomic E-state index is 0.340. The predicted octanol–water partition coefficient (Wildman–Crippen LogP) is 5.30. The van der Waals surface area contributed by atoms with Crippen LogP contribution in [0.2, 0.25) is 0 Å². The second-order valence-electron chi connectivity index (χ2n) is 4.35. The Kier molecular flexibility index (Phi) is 3.89. The van der Waals surface area contributed by atoms with Crippen molar-refractivity contribution in [2.24, 2.45) is 0 Å². The van der Waals surface area contributed by atoms with E-state index < -0.39 is 0 Å². The molecular formula is C14H16BrNS. The van der Waals surface area contributed by atoms with Gasteiger partial charge in [0.2, 0.25) is 0 Å². The lowest BCUT2D eigenvalue weighted by atomic mass is 10.1. The van der Waals surface area contributed by atoms with E-state index in [0.717, 1.165) is 4.47 Å². The molecule has 1 N–H and O–H groups in total. The van der Waals surface area contributed by atoms with E-state index in [4.69, 9.17) is 0 Å². The van der Waals surface area contributed by atoms with Crippen molar-refractivity contribution in [2.75, 3.05) is 5.32 Å². The number of aryl methyl sites for hydroxylation is 2. The van der Waals surface area contributed by atoms with Crippen LogP contribution in [0.25, 0.3) is 0 Å². The maximum absolute atomic E-state index is 3.56. The van der Waals surface area contributed by atoms with Crippen LogP contribution in [0.3, 0.4) is 0 Å². The summed E-state index contributed by atoms with van der Waals surface area (Å²) in [5.41, 5.74) is 3.82. The fraction of sp³-hybridized carbons (Fsp3) is 0.286. The lowest BCUT2D eigenvalue weighted by Gasteiger charge is -2.16. The van der Waals surface area contributed by atoms with Crippen molar-refractivity contribution >= 4 is 33.0 Å². The molecule has 1 atom stereocenters. The van der Waals surface area contributed by atoms with E-state index in [1.807, 2.05) is 0 Å². The normalized spacial score (nSPS) is 12.5. The summed E-state index contributed by atoms with van der Waals surface area (Å²) in [5.74, 6) is 0. The molecule has 1 heterocycles. The Labute approximate surface area is 115 Å². The summed E-state index contributed by atoms with van der Waals surface area (Å²) < 4.78 is 1.16. The van der Waals surface area contributed by atoms with E-state index >= 15 is 0 Å². The number of halogens is 1. The van der Waals surface area contributed by atoms with Crippen molar-refractivity contribution in [2.45, 2.75) is 26.8 Å². The molecule has 0 saturated heterocycles. The average molecular weight is 310 g/mol. The summed E-state index contributed by atoms with van der Waals surface area (Å²) in [4.78, 5) is 1.34. The van der Waals surface area contributed by atoms with E-state index in [0.29, 0.717) is 6.04 Å². The van der Waals surface area contributed by atoms with Crippen LogP contribution < -0.4 is 5.32 Å². The highest BCUT2D eigenvalue weighted by Crippen LogP contribution is 2.29.